The van der Waals surface area contributed by atoms with Gasteiger partial charge in [-0.25, -0.2) is 13.1 Å². The van der Waals surface area contributed by atoms with Gasteiger partial charge in [0, 0.05) is 5.56 Å². The van der Waals surface area contributed by atoms with E-state index in [4.69, 9.17) is 16.7 Å². The highest BCUT2D eigenvalue weighted by atomic mass is 32.2. The molecule has 0 aliphatic rings. The molecule has 0 saturated carbocycles. The molecule has 2 rings (SSSR count). The van der Waals surface area contributed by atoms with Crippen LogP contribution in [0, 0.1) is 11.3 Å². The van der Waals surface area contributed by atoms with Crippen LogP contribution in [0.1, 0.15) is 60.0 Å². The van der Waals surface area contributed by atoms with Crippen molar-refractivity contribution in [3.63, 3.8) is 0 Å². The lowest BCUT2D eigenvalue weighted by Crippen LogP contribution is -2.54. The van der Waals surface area contributed by atoms with E-state index in [0.29, 0.717) is 49.9 Å². The van der Waals surface area contributed by atoms with Crippen LogP contribution in [0.15, 0.2) is 54.6 Å². The Balaban J connectivity index is 2.15. The summed E-state index contributed by atoms with van der Waals surface area (Å²) in [5, 5.41) is 13.8. The highest BCUT2D eigenvalue weighted by molar-refractivity contribution is 7.88. The number of unbranched alkanes of at least 4 members (excludes halogenated alkanes) is 2. The van der Waals surface area contributed by atoms with E-state index in [9.17, 15) is 22.8 Å². The van der Waals surface area contributed by atoms with Crippen molar-refractivity contribution in [1.82, 2.24) is 15.4 Å². The van der Waals surface area contributed by atoms with Crippen LogP contribution in [0.4, 0.5) is 0 Å². The summed E-state index contributed by atoms with van der Waals surface area (Å²) in [5.74, 6) is -2.41. The molecule has 39 heavy (non-hydrogen) atoms. The van der Waals surface area contributed by atoms with Gasteiger partial charge in [-0.3, -0.25) is 19.7 Å². The van der Waals surface area contributed by atoms with Crippen LogP contribution in [-0.4, -0.2) is 51.3 Å². The molecule has 0 unspecified atom stereocenters. The third-order valence-electron chi connectivity index (χ3n) is 5.88. The quantitative estimate of drug-likeness (QED) is 0.189. The van der Waals surface area contributed by atoms with Gasteiger partial charge in [0.05, 0.1) is 17.4 Å². The molecule has 7 N–H and O–H groups in total. The van der Waals surface area contributed by atoms with Crippen LogP contribution in [0.5, 0.6) is 0 Å². The maximum absolute atomic E-state index is 13.3. The normalized spacial score (nSPS) is 12.6. The van der Waals surface area contributed by atoms with Gasteiger partial charge in [-0.1, -0.05) is 36.8 Å². The van der Waals surface area contributed by atoms with Crippen molar-refractivity contribution in [2.75, 3.05) is 13.1 Å². The topological polar surface area (TPSA) is 197 Å². The van der Waals surface area contributed by atoms with E-state index in [1.807, 2.05) is 6.07 Å². The summed E-state index contributed by atoms with van der Waals surface area (Å²) >= 11 is 0. The van der Waals surface area contributed by atoms with Gasteiger partial charge < -0.3 is 16.8 Å². The number of nitriles is 1. The van der Waals surface area contributed by atoms with Crippen LogP contribution in [0.25, 0.3) is 0 Å². The van der Waals surface area contributed by atoms with E-state index in [0.717, 1.165) is 0 Å². The second-order valence-electron chi connectivity index (χ2n) is 9.05. The lowest BCUT2D eigenvalue weighted by Gasteiger charge is -2.23. The molecule has 12 heteroatoms. The van der Waals surface area contributed by atoms with Crippen molar-refractivity contribution in [3.05, 3.63) is 71.3 Å². The number of sulfonamides is 1. The van der Waals surface area contributed by atoms with Crippen molar-refractivity contribution in [1.29, 1.82) is 5.26 Å². The number of carbonyl (C=O) groups is 3. The standard InChI is InChI=1S/C27H36N6O5S/c28-16-6-4-10-23(26(35)32-25(34)22-14-12-20(18-30)13-15-22)31-27(36)24(11-5-7-17-29)33-39(37,38)19-21-8-2-1-3-9-21/h1-3,8-9,12-15,23-24,33H,4-7,10-11,16-17,19,28-29H2,(H,31,36)(H,32,34,35)/t23-,24+/m0/s1. The average molecular weight is 557 g/mol. The zero-order valence-corrected chi connectivity index (χ0v) is 22.6. The first-order chi connectivity index (χ1) is 18.7. The van der Waals surface area contributed by atoms with E-state index in [1.165, 1.54) is 24.3 Å². The SMILES string of the molecule is N#Cc1ccc(C(=O)NC(=O)[C@H](CCCCN)NC(=O)[C@@H](CCCCN)NS(=O)(=O)Cc2ccccc2)cc1. The maximum Gasteiger partial charge on any atom is 0.257 e. The molecule has 0 saturated heterocycles. The molecule has 0 spiro atoms. The van der Waals surface area contributed by atoms with Gasteiger partial charge in [0.2, 0.25) is 21.8 Å². The van der Waals surface area contributed by atoms with Gasteiger partial charge in [0.25, 0.3) is 5.91 Å². The summed E-state index contributed by atoms with van der Waals surface area (Å²) in [6, 6.07) is 14.0. The molecule has 2 aromatic carbocycles. The summed E-state index contributed by atoms with van der Waals surface area (Å²) in [6.45, 7) is 0.764. The van der Waals surface area contributed by atoms with Crippen molar-refractivity contribution < 1.29 is 22.8 Å². The second-order valence-corrected chi connectivity index (χ2v) is 10.8. The number of amides is 3. The van der Waals surface area contributed by atoms with Crippen molar-refractivity contribution >= 4 is 27.7 Å². The Morgan fingerprint density at radius 3 is 1.97 bits per heavy atom. The summed E-state index contributed by atoms with van der Waals surface area (Å²) in [6.07, 6.45) is 2.54. The van der Waals surface area contributed by atoms with E-state index in [2.05, 4.69) is 15.4 Å². The third kappa shape index (κ3) is 11.3. The van der Waals surface area contributed by atoms with Gasteiger partial charge in [-0.15, -0.1) is 0 Å². The average Bonchev–Trinajstić information content (AvgIpc) is 2.92. The third-order valence-corrected chi connectivity index (χ3v) is 7.23. The van der Waals surface area contributed by atoms with E-state index in [-0.39, 0.29) is 24.2 Å². The Labute approximate surface area is 229 Å². The minimum Gasteiger partial charge on any atom is -0.343 e. The monoisotopic (exact) mass is 556 g/mol. The first-order valence-corrected chi connectivity index (χ1v) is 14.4. The molecule has 0 aliphatic heterocycles. The fraction of sp³-hybridized carbons (Fsp3) is 0.407. The Morgan fingerprint density at radius 2 is 1.41 bits per heavy atom. The largest absolute Gasteiger partial charge is 0.343 e. The second kappa shape index (κ2) is 16.4. The van der Waals surface area contributed by atoms with Crippen molar-refractivity contribution in [3.8, 4) is 6.07 Å². The molecule has 0 fully saturated rings. The zero-order chi connectivity index (χ0) is 28.7. The number of carbonyl (C=O) groups excluding carboxylic acids is 3. The molecule has 3 amide bonds. The highest BCUT2D eigenvalue weighted by Gasteiger charge is 2.29. The molecular weight excluding hydrogens is 520 g/mol. The Kier molecular flexibility index (Phi) is 13.2. The van der Waals surface area contributed by atoms with Gasteiger partial charge >= 0.3 is 0 Å². The lowest BCUT2D eigenvalue weighted by atomic mass is 10.1. The van der Waals surface area contributed by atoms with Crippen molar-refractivity contribution in [2.45, 2.75) is 56.4 Å². The molecule has 0 aromatic heterocycles. The first-order valence-electron chi connectivity index (χ1n) is 12.8. The molecule has 210 valence electrons. The highest BCUT2D eigenvalue weighted by Crippen LogP contribution is 2.10. The van der Waals surface area contributed by atoms with Crippen LogP contribution >= 0.6 is 0 Å². The van der Waals surface area contributed by atoms with E-state index >= 15 is 0 Å². The minimum atomic E-state index is -3.89. The van der Waals surface area contributed by atoms with Gasteiger partial charge in [0.1, 0.15) is 12.1 Å². The smallest absolute Gasteiger partial charge is 0.257 e. The number of benzene rings is 2. The van der Waals surface area contributed by atoms with Crippen molar-refractivity contribution in [2.24, 2.45) is 11.5 Å². The fourth-order valence-corrected chi connectivity index (χ4v) is 5.16. The van der Waals surface area contributed by atoms with E-state index < -0.39 is 39.8 Å². The first kappa shape index (κ1) is 31.6. The summed E-state index contributed by atoms with van der Waals surface area (Å²) < 4.78 is 28.2. The molecule has 2 atom stereocenters. The van der Waals surface area contributed by atoms with Gasteiger partial charge in [-0.2, -0.15) is 5.26 Å². The predicted octanol–water partition coefficient (Wildman–Crippen LogP) is 1.05. The van der Waals surface area contributed by atoms with Crippen LogP contribution < -0.4 is 26.8 Å². The molecular formula is C27H36N6O5S. The molecule has 0 aliphatic carbocycles. The predicted molar refractivity (Wildman–Crippen MR) is 147 cm³/mol. The Morgan fingerprint density at radius 1 is 0.821 bits per heavy atom. The molecule has 0 bridgehead atoms. The maximum atomic E-state index is 13.3. The number of imide groups is 1. The van der Waals surface area contributed by atoms with E-state index in [1.54, 1.807) is 30.3 Å². The van der Waals surface area contributed by atoms with Gasteiger partial charge in [0.15, 0.2) is 0 Å². The van der Waals surface area contributed by atoms with Crippen LogP contribution in [-0.2, 0) is 25.4 Å². The number of hydrogen-bond acceptors (Lipinski definition) is 8. The fourth-order valence-electron chi connectivity index (χ4n) is 3.79. The zero-order valence-electron chi connectivity index (χ0n) is 21.8. The number of nitrogens with zero attached hydrogens (tertiary/aromatic N) is 1. The summed E-state index contributed by atoms with van der Waals surface area (Å²) in [4.78, 5) is 38.8. The lowest BCUT2D eigenvalue weighted by molar-refractivity contribution is -0.129. The molecule has 11 nitrogen and oxygen atoms in total. The Hall–Kier alpha value is -3.63. The molecule has 0 heterocycles. The summed E-state index contributed by atoms with van der Waals surface area (Å²) in [5.41, 5.74) is 12.2. The number of hydrogen-bond donors (Lipinski definition) is 5. The summed E-state index contributed by atoms with van der Waals surface area (Å²) in [7, 11) is -3.89. The van der Waals surface area contributed by atoms with Gasteiger partial charge in [-0.05, 0) is 75.0 Å². The van der Waals surface area contributed by atoms with Crippen LogP contribution in [0.2, 0.25) is 0 Å². The Bertz CT molecular complexity index is 1230. The van der Waals surface area contributed by atoms with Crippen LogP contribution in [0.3, 0.4) is 0 Å². The number of nitrogens with one attached hydrogen (secondary N) is 3. The minimum absolute atomic E-state index is 0.169. The molecule has 2 aromatic rings. The number of nitrogens with two attached hydrogens (primary N) is 2. The number of rotatable bonds is 16. The molecule has 0 radical (unpaired) electrons.